The number of amides is 1. The van der Waals surface area contributed by atoms with E-state index in [2.05, 4.69) is 15.3 Å². The summed E-state index contributed by atoms with van der Waals surface area (Å²) >= 11 is 0. The molecule has 1 amide bonds. The van der Waals surface area contributed by atoms with Crippen molar-refractivity contribution in [2.24, 2.45) is 11.0 Å². The molecule has 0 spiro atoms. The number of rotatable bonds is 5. The average Bonchev–Trinajstić information content (AvgIpc) is 2.82. The van der Waals surface area contributed by atoms with Crippen LogP contribution in [0.1, 0.15) is 19.3 Å². The number of carbonyl (C=O) groups is 1. The van der Waals surface area contributed by atoms with Gasteiger partial charge in [-0.05, 0) is 24.3 Å². The van der Waals surface area contributed by atoms with Crippen LogP contribution in [0.4, 0.5) is 0 Å². The van der Waals surface area contributed by atoms with Crippen LogP contribution in [0.25, 0.3) is 10.4 Å². The number of nitrogens with zero attached hydrogens (tertiary/aromatic N) is 3. The van der Waals surface area contributed by atoms with E-state index in [1.807, 2.05) is 0 Å². The highest BCUT2D eigenvalue weighted by Crippen LogP contribution is 2.31. The van der Waals surface area contributed by atoms with Gasteiger partial charge in [-0.2, -0.15) is 0 Å². The molecule has 0 aromatic carbocycles. The molecule has 0 heterocycles. The molecule has 1 aliphatic rings. The first-order valence-electron chi connectivity index (χ1n) is 4.10. The zero-order valence-electron chi connectivity index (χ0n) is 6.86. The van der Waals surface area contributed by atoms with Gasteiger partial charge in [0.2, 0.25) is 5.91 Å². The lowest BCUT2D eigenvalue weighted by Crippen LogP contribution is -2.25. The van der Waals surface area contributed by atoms with Crippen molar-refractivity contribution in [3.63, 3.8) is 0 Å². The molecule has 0 atom stereocenters. The van der Waals surface area contributed by atoms with Gasteiger partial charge in [-0.3, -0.25) is 4.79 Å². The second-order valence-electron chi connectivity index (χ2n) is 2.95. The van der Waals surface area contributed by atoms with Crippen LogP contribution in [0.2, 0.25) is 0 Å². The lowest BCUT2D eigenvalue weighted by molar-refractivity contribution is -0.121. The SMILES string of the molecule is [N-]=[N+]=NCCNC(=O)CC1CC1. The Kier molecular flexibility index (Phi) is 3.41. The summed E-state index contributed by atoms with van der Waals surface area (Å²) in [4.78, 5) is 13.6. The summed E-state index contributed by atoms with van der Waals surface area (Å²) in [5, 5.41) is 5.99. The van der Waals surface area contributed by atoms with Gasteiger partial charge in [0.1, 0.15) is 0 Å². The number of carbonyl (C=O) groups excluding carboxylic acids is 1. The summed E-state index contributed by atoms with van der Waals surface area (Å²) < 4.78 is 0. The monoisotopic (exact) mass is 168 g/mol. The summed E-state index contributed by atoms with van der Waals surface area (Å²) in [5.41, 5.74) is 7.93. The first-order valence-corrected chi connectivity index (χ1v) is 4.10. The number of nitrogens with one attached hydrogen (secondary N) is 1. The molecular formula is C7H12N4O. The van der Waals surface area contributed by atoms with E-state index in [-0.39, 0.29) is 5.91 Å². The maximum Gasteiger partial charge on any atom is 0.220 e. The van der Waals surface area contributed by atoms with Crippen LogP contribution in [-0.4, -0.2) is 19.0 Å². The summed E-state index contributed by atoms with van der Waals surface area (Å²) in [6.07, 6.45) is 3.00. The first kappa shape index (κ1) is 8.87. The van der Waals surface area contributed by atoms with Gasteiger partial charge >= 0.3 is 0 Å². The Balaban J connectivity index is 1.97. The van der Waals surface area contributed by atoms with Crippen molar-refractivity contribution in [3.8, 4) is 0 Å². The third-order valence-electron chi connectivity index (χ3n) is 1.77. The Bertz CT molecular complexity index is 205. The van der Waals surface area contributed by atoms with E-state index in [1.54, 1.807) is 0 Å². The van der Waals surface area contributed by atoms with Gasteiger partial charge in [0.15, 0.2) is 0 Å². The fourth-order valence-corrected chi connectivity index (χ4v) is 0.946. The van der Waals surface area contributed by atoms with Crippen molar-refractivity contribution >= 4 is 5.91 Å². The Morgan fingerprint density at radius 2 is 2.42 bits per heavy atom. The molecule has 0 aliphatic heterocycles. The highest BCUT2D eigenvalue weighted by molar-refractivity contribution is 5.76. The summed E-state index contributed by atoms with van der Waals surface area (Å²) in [6.45, 7) is 0.794. The van der Waals surface area contributed by atoms with Crippen molar-refractivity contribution in [1.82, 2.24) is 5.32 Å². The lowest BCUT2D eigenvalue weighted by atomic mass is 10.3. The zero-order valence-corrected chi connectivity index (χ0v) is 6.86. The molecule has 0 aromatic rings. The topological polar surface area (TPSA) is 77.9 Å². The highest BCUT2D eigenvalue weighted by Gasteiger charge is 2.23. The van der Waals surface area contributed by atoms with Gasteiger partial charge in [0, 0.05) is 24.4 Å². The van der Waals surface area contributed by atoms with E-state index in [0.717, 1.165) is 0 Å². The molecule has 1 fully saturated rings. The molecule has 0 radical (unpaired) electrons. The van der Waals surface area contributed by atoms with Gasteiger partial charge in [-0.1, -0.05) is 5.11 Å². The molecule has 1 N–H and O–H groups in total. The van der Waals surface area contributed by atoms with E-state index < -0.39 is 0 Å². The standard InChI is InChI=1S/C7H12N4O/c8-11-10-4-3-9-7(12)5-6-1-2-6/h6H,1-5H2,(H,9,12). The van der Waals surface area contributed by atoms with E-state index in [4.69, 9.17) is 5.53 Å². The van der Waals surface area contributed by atoms with Crippen molar-refractivity contribution in [3.05, 3.63) is 10.4 Å². The average molecular weight is 168 g/mol. The molecule has 1 rings (SSSR count). The zero-order chi connectivity index (χ0) is 8.81. The molecule has 66 valence electrons. The summed E-state index contributed by atoms with van der Waals surface area (Å²) in [5.74, 6) is 0.690. The van der Waals surface area contributed by atoms with Crippen molar-refractivity contribution < 1.29 is 4.79 Å². The number of azide groups is 1. The Morgan fingerprint density at radius 3 is 3.00 bits per heavy atom. The molecule has 5 nitrogen and oxygen atoms in total. The molecule has 0 saturated heterocycles. The quantitative estimate of drug-likeness (QED) is 0.285. The largest absolute Gasteiger partial charge is 0.356 e. The van der Waals surface area contributed by atoms with Crippen LogP contribution in [0.15, 0.2) is 5.11 Å². The molecule has 12 heavy (non-hydrogen) atoms. The molecular weight excluding hydrogens is 156 g/mol. The molecule has 0 bridgehead atoms. The van der Waals surface area contributed by atoms with Crippen molar-refractivity contribution in [1.29, 1.82) is 0 Å². The molecule has 1 saturated carbocycles. The second-order valence-corrected chi connectivity index (χ2v) is 2.95. The summed E-state index contributed by atoms with van der Waals surface area (Å²) in [6, 6.07) is 0. The highest BCUT2D eigenvalue weighted by atomic mass is 16.1. The fraction of sp³-hybridized carbons (Fsp3) is 0.857. The van der Waals surface area contributed by atoms with E-state index in [9.17, 15) is 4.79 Å². The summed E-state index contributed by atoms with van der Waals surface area (Å²) in [7, 11) is 0. The van der Waals surface area contributed by atoms with E-state index >= 15 is 0 Å². The van der Waals surface area contributed by atoms with Gasteiger partial charge in [-0.15, -0.1) is 0 Å². The second kappa shape index (κ2) is 4.62. The minimum atomic E-state index is 0.0747. The van der Waals surface area contributed by atoms with Crippen LogP contribution in [-0.2, 0) is 4.79 Å². The molecule has 1 aliphatic carbocycles. The van der Waals surface area contributed by atoms with E-state index in [0.29, 0.717) is 25.4 Å². The molecule has 0 aromatic heterocycles. The van der Waals surface area contributed by atoms with Crippen molar-refractivity contribution in [2.75, 3.05) is 13.1 Å². The third kappa shape index (κ3) is 3.83. The number of hydrogen-bond acceptors (Lipinski definition) is 2. The normalized spacial score (nSPS) is 15.0. The van der Waals surface area contributed by atoms with Gasteiger partial charge in [0.25, 0.3) is 0 Å². The van der Waals surface area contributed by atoms with Crippen LogP contribution in [0.5, 0.6) is 0 Å². The van der Waals surface area contributed by atoms with Gasteiger partial charge < -0.3 is 5.32 Å². The van der Waals surface area contributed by atoms with Crippen LogP contribution in [0, 0.1) is 5.92 Å². The fourth-order valence-electron chi connectivity index (χ4n) is 0.946. The molecule has 0 unspecified atom stereocenters. The first-order chi connectivity index (χ1) is 5.83. The molecule has 5 heteroatoms. The van der Waals surface area contributed by atoms with E-state index in [1.165, 1.54) is 12.8 Å². The van der Waals surface area contributed by atoms with Crippen LogP contribution >= 0.6 is 0 Å². The Morgan fingerprint density at radius 1 is 1.67 bits per heavy atom. The third-order valence-corrected chi connectivity index (χ3v) is 1.77. The van der Waals surface area contributed by atoms with Crippen LogP contribution in [0.3, 0.4) is 0 Å². The van der Waals surface area contributed by atoms with Gasteiger partial charge in [0.05, 0.1) is 0 Å². The van der Waals surface area contributed by atoms with Crippen molar-refractivity contribution in [2.45, 2.75) is 19.3 Å². The smallest absolute Gasteiger partial charge is 0.220 e. The minimum Gasteiger partial charge on any atom is -0.356 e. The minimum absolute atomic E-state index is 0.0747. The Hall–Kier alpha value is -1.22. The predicted molar refractivity (Wildman–Crippen MR) is 44.4 cm³/mol. The maximum atomic E-state index is 11.0. The Labute approximate surface area is 70.8 Å². The predicted octanol–water partition coefficient (Wildman–Crippen LogP) is 1.21. The number of hydrogen-bond donors (Lipinski definition) is 1. The van der Waals surface area contributed by atoms with Crippen LogP contribution < -0.4 is 5.32 Å². The lowest BCUT2D eigenvalue weighted by Gasteiger charge is -2.00. The van der Waals surface area contributed by atoms with Gasteiger partial charge in [-0.25, -0.2) is 0 Å². The maximum absolute atomic E-state index is 11.0.